The number of amides is 1. The number of H-pyrrole nitrogens is 1. The molecule has 0 aliphatic heterocycles. The molecule has 0 bridgehead atoms. The average Bonchev–Trinajstić information content (AvgIpc) is 3.19. The van der Waals surface area contributed by atoms with E-state index in [1.807, 2.05) is 42.6 Å². The summed E-state index contributed by atoms with van der Waals surface area (Å²) in [6, 6.07) is 10.7. The number of nitrogens with one attached hydrogen (secondary N) is 2. The maximum Gasteiger partial charge on any atom is 0.260 e. The quantitative estimate of drug-likeness (QED) is 0.454. The number of hydrogen-bond acceptors (Lipinski definition) is 6. The molecule has 172 valence electrons. The van der Waals surface area contributed by atoms with Crippen molar-refractivity contribution in [2.45, 2.75) is 57.7 Å². The molecule has 32 heavy (non-hydrogen) atoms. The minimum atomic E-state index is -0.231. The first-order valence-electron chi connectivity index (χ1n) is 11.0. The molecule has 3 rings (SSSR count). The van der Waals surface area contributed by atoms with Crippen molar-refractivity contribution in [3.8, 4) is 11.1 Å². The highest BCUT2D eigenvalue weighted by molar-refractivity contribution is 7.99. The highest BCUT2D eigenvalue weighted by atomic mass is 32.2. The van der Waals surface area contributed by atoms with Gasteiger partial charge in [-0.15, -0.1) is 23.1 Å². The maximum absolute atomic E-state index is 12.8. The molecule has 2 aromatic heterocycles. The van der Waals surface area contributed by atoms with Crippen LogP contribution in [-0.2, 0) is 10.5 Å². The summed E-state index contributed by atoms with van der Waals surface area (Å²) in [5.74, 6) is 1.08. The summed E-state index contributed by atoms with van der Waals surface area (Å²) >= 11 is 2.95. The number of nitrogens with zero attached hydrogens (tertiary/aromatic N) is 2. The fraction of sp³-hybridized carbons (Fsp3) is 0.458. The molecule has 0 saturated carbocycles. The Morgan fingerprint density at radius 2 is 1.84 bits per heavy atom. The lowest BCUT2D eigenvalue weighted by atomic mass is 10.1. The molecule has 0 unspecified atom stereocenters. The maximum atomic E-state index is 12.8. The van der Waals surface area contributed by atoms with Gasteiger partial charge in [0.1, 0.15) is 10.7 Å². The van der Waals surface area contributed by atoms with Crippen LogP contribution in [0.3, 0.4) is 0 Å². The molecule has 1 amide bonds. The number of fused-ring (bicyclic) bond motifs is 1. The summed E-state index contributed by atoms with van der Waals surface area (Å²) in [6.07, 6.45) is 0. The Morgan fingerprint density at radius 3 is 2.50 bits per heavy atom. The molecule has 0 fully saturated rings. The van der Waals surface area contributed by atoms with Crippen LogP contribution in [0.25, 0.3) is 21.3 Å². The normalized spacial score (nSPS) is 12.8. The summed E-state index contributed by atoms with van der Waals surface area (Å²) in [7, 11) is 0. The SMILES string of the molecule is CC(C)N(CCNC(=O)[C@H](C)SCc1nc2scc(-c3ccccc3)c2c(=O)[nH]1)C(C)C. The highest BCUT2D eigenvalue weighted by Gasteiger charge is 2.18. The van der Waals surface area contributed by atoms with Gasteiger partial charge in [-0.2, -0.15) is 0 Å². The number of thiophene rings is 1. The van der Waals surface area contributed by atoms with Gasteiger partial charge in [0.25, 0.3) is 5.56 Å². The lowest BCUT2D eigenvalue weighted by Gasteiger charge is -2.30. The number of carbonyl (C=O) groups is 1. The third-order valence-corrected chi connectivity index (χ3v) is 7.44. The van der Waals surface area contributed by atoms with Crippen molar-refractivity contribution in [2.75, 3.05) is 13.1 Å². The summed E-state index contributed by atoms with van der Waals surface area (Å²) in [5, 5.41) is 5.40. The van der Waals surface area contributed by atoms with E-state index in [0.717, 1.165) is 22.5 Å². The standard InChI is InChI=1S/C24H32N4O2S2/c1-15(2)28(16(3)4)12-11-25-22(29)17(5)31-14-20-26-23(30)21-19(13-32-24(21)27-20)18-9-7-6-8-10-18/h6-10,13,15-17H,11-12,14H2,1-5H3,(H,25,29)(H,26,27,30)/t17-/m0/s1. The van der Waals surface area contributed by atoms with Crippen LogP contribution in [0.1, 0.15) is 40.4 Å². The van der Waals surface area contributed by atoms with Crippen LogP contribution in [0.4, 0.5) is 0 Å². The third kappa shape index (κ3) is 5.99. The van der Waals surface area contributed by atoms with E-state index >= 15 is 0 Å². The van der Waals surface area contributed by atoms with E-state index in [1.54, 1.807) is 0 Å². The van der Waals surface area contributed by atoms with E-state index in [9.17, 15) is 9.59 Å². The van der Waals surface area contributed by atoms with Gasteiger partial charge in [0, 0.05) is 36.1 Å². The minimum Gasteiger partial charge on any atom is -0.354 e. The van der Waals surface area contributed by atoms with Gasteiger partial charge < -0.3 is 10.3 Å². The van der Waals surface area contributed by atoms with Gasteiger partial charge >= 0.3 is 0 Å². The van der Waals surface area contributed by atoms with Crippen LogP contribution in [0, 0.1) is 0 Å². The van der Waals surface area contributed by atoms with E-state index in [-0.39, 0.29) is 16.7 Å². The van der Waals surface area contributed by atoms with Crippen LogP contribution < -0.4 is 10.9 Å². The van der Waals surface area contributed by atoms with Crippen LogP contribution in [0.5, 0.6) is 0 Å². The minimum absolute atomic E-state index is 0.00775. The second kappa shape index (κ2) is 11.1. The van der Waals surface area contributed by atoms with Crippen LogP contribution in [0.15, 0.2) is 40.5 Å². The zero-order valence-corrected chi connectivity index (χ0v) is 21.0. The molecule has 6 nitrogen and oxygen atoms in total. The largest absolute Gasteiger partial charge is 0.354 e. The Kier molecular flexibility index (Phi) is 8.51. The molecule has 8 heteroatoms. The molecule has 1 aromatic carbocycles. The molecule has 0 spiro atoms. The van der Waals surface area contributed by atoms with Gasteiger partial charge in [0.15, 0.2) is 0 Å². The Labute approximate surface area is 197 Å². The second-order valence-electron chi connectivity index (χ2n) is 8.38. The molecule has 2 heterocycles. The number of rotatable bonds is 10. The van der Waals surface area contributed by atoms with Gasteiger partial charge in [0.2, 0.25) is 5.91 Å². The van der Waals surface area contributed by atoms with Crippen molar-refractivity contribution in [1.29, 1.82) is 0 Å². The molecule has 0 aliphatic carbocycles. The number of aromatic amines is 1. The molecule has 0 radical (unpaired) electrons. The first-order valence-corrected chi connectivity index (χ1v) is 12.9. The molecule has 0 aliphatic rings. The van der Waals surface area contributed by atoms with Crippen molar-refractivity contribution in [3.05, 3.63) is 51.9 Å². The lowest BCUT2D eigenvalue weighted by Crippen LogP contribution is -2.43. The number of benzene rings is 1. The van der Waals surface area contributed by atoms with Crippen molar-refractivity contribution in [2.24, 2.45) is 0 Å². The highest BCUT2D eigenvalue weighted by Crippen LogP contribution is 2.30. The molecule has 0 saturated heterocycles. The Morgan fingerprint density at radius 1 is 1.16 bits per heavy atom. The Bertz CT molecular complexity index is 1080. The second-order valence-corrected chi connectivity index (χ2v) is 10.6. The summed E-state index contributed by atoms with van der Waals surface area (Å²) in [6.45, 7) is 12.0. The van der Waals surface area contributed by atoms with Gasteiger partial charge in [-0.05, 0) is 40.2 Å². The Balaban J connectivity index is 1.59. The lowest BCUT2D eigenvalue weighted by molar-refractivity contribution is -0.120. The summed E-state index contributed by atoms with van der Waals surface area (Å²) in [4.78, 5) is 35.9. The zero-order chi connectivity index (χ0) is 23.3. The van der Waals surface area contributed by atoms with Crippen LogP contribution in [-0.4, -0.2) is 51.2 Å². The molecular weight excluding hydrogens is 440 g/mol. The summed E-state index contributed by atoms with van der Waals surface area (Å²) in [5.41, 5.74) is 1.78. The van der Waals surface area contributed by atoms with Gasteiger partial charge in [-0.3, -0.25) is 14.5 Å². The third-order valence-electron chi connectivity index (χ3n) is 5.41. The van der Waals surface area contributed by atoms with E-state index in [2.05, 4.69) is 47.9 Å². The van der Waals surface area contributed by atoms with Crippen molar-refractivity contribution in [1.82, 2.24) is 20.2 Å². The van der Waals surface area contributed by atoms with E-state index in [0.29, 0.717) is 35.6 Å². The van der Waals surface area contributed by atoms with E-state index in [4.69, 9.17) is 0 Å². The smallest absolute Gasteiger partial charge is 0.260 e. The van der Waals surface area contributed by atoms with Crippen molar-refractivity contribution in [3.63, 3.8) is 0 Å². The molecular formula is C24H32N4O2S2. The number of aromatic nitrogens is 2. The number of hydrogen-bond donors (Lipinski definition) is 2. The van der Waals surface area contributed by atoms with Crippen molar-refractivity contribution >= 4 is 39.2 Å². The van der Waals surface area contributed by atoms with E-state index in [1.165, 1.54) is 23.1 Å². The molecule has 1 atom stereocenters. The zero-order valence-electron chi connectivity index (χ0n) is 19.3. The monoisotopic (exact) mass is 472 g/mol. The topological polar surface area (TPSA) is 78.1 Å². The van der Waals surface area contributed by atoms with Gasteiger partial charge in [-0.25, -0.2) is 4.98 Å². The van der Waals surface area contributed by atoms with Crippen molar-refractivity contribution < 1.29 is 4.79 Å². The Hall–Kier alpha value is -2.16. The first-order chi connectivity index (χ1) is 15.3. The van der Waals surface area contributed by atoms with Crippen LogP contribution >= 0.6 is 23.1 Å². The van der Waals surface area contributed by atoms with E-state index < -0.39 is 0 Å². The average molecular weight is 473 g/mol. The molecule has 3 aromatic rings. The van der Waals surface area contributed by atoms with Gasteiger partial charge in [0.05, 0.1) is 16.4 Å². The summed E-state index contributed by atoms with van der Waals surface area (Å²) < 4.78 is 0. The first kappa shape index (κ1) is 24.5. The molecule has 2 N–H and O–H groups in total. The van der Waals surface area contributed by atoms with Crippen LogP contribution in [0.2, 0.25) is 0 Å². The van der Waals surface area contributed by atoms with Gasteiger partial charge in [-0.1, -0.05) is 30.3 Å². The predicted molar refractivity (Wildman–Crippen MR) is 136 cm³/mol. The fourth-order valence-electron chi connectivity index (χ4n) is 3.74. The number of thioether (sulfide) groups is 1. The fourth-order valence-corrected chi connectivity index (χ4v) is 5.48. The predicted octanol–water partition coefficient (Wildman–Crippen LogP) is 4.51. The number of carbonyl (C=O) groups excluding carboxylic acids is 1.